The average Bonchev–Trinajstić information content (AvgIpc) is 2.73. The summed E-state index contributed by atoms with van der Waals surface area (Å²) in [6.45, 7) is 10.2. The second kappa shape index (κ2) is 4.88. The Morgan fingerprint density at radius 1 is 1.15 bits per heavy atom. The number of unbranched alkanes of at least 4 members (excludes halogenated alkanes) is 1. The van der Waals surface area contributed by atoms with Gasteiger partial charge in [-0.2, -0.15) is 0 Å². The van der Waals surface area contributed by atoms with Crippen LogP contribution in [0.3, 0.4) is 0 Å². The van der Waals surface area contributed by atoms with Crippen molar-refractivity contribution >= 4 is 6.71 Å². The number of rotatable bonds is 6. The lowest BCUT2D eigenvalue weighted by atomic mass is 9.56. The Kier molecular flexibility index (Phi) is 4.09. The SMILES string of the molecule is CCCCC1=C(CC(C)C)B1CC. The molecule has 0 bridgehead atoms. The third-order valence-electron chi connectivity index (χ3n) is 3.01. The highest BCUT2D eigenvalue weighted by atomic mass is 14.2. The smallest absolute Gasteiger partial charge is 0.105 e. The molecule has 0 aromatic rings. The van der Waals surface area contributed by atoms with Crippen LogP contribution in [0.5, 0.6) is 0 Å². The number of hydrogen-bond donors (Lipinski definition) is 0. The van der Waals surface area contributed by atoms with E-state index in [-0.39, 0.29) is 0 Å². The van der Waals surface area contributed by atoms with E-state index in [9.17, 15) is 0 Å². The topological polar surface area (TPSA) is 0 Å². The van der Waals surface area contributed by atoms with Crippen molar-refractivity contribution in [1.29, 1.82) is 0 Å². The van der Waals surface area contributed by atoms with Crippen LogP contribution in [0.4, 0.5) is 0 Å². The van der Waals surface area contributed by atoms with Crippen LogP contribution >= 0.6 is 0 Å². The third-order valence-corrected chi connectivity index (χ3v) is 3.01. The van der Waals surface area contributed by atoms with Crippen LogP contribution in [0.15, 0.2) is 10.9 Å². The zero-order valence-corrected chi connectivity index (χ0v) is 9.69. The summed E-state index contributed by atoms with van der Waals surface area (Å²) in [5, 5.41) is 0. The van der Waals surface area contributed by atoms with Crippen LogP contribution < -0.4 is 0 Å². The van der Waals surface area contributed by atoms with Gasteiger partial charge in [-0.1, -0.05) is 46.9 Å². The van der Waals surface area contributed by atoms with Crippen molar-refractivity contribution in [3.8, 4) is 0 Å². The predicted molar refractivity (Wildman–Crippen MR) is 62.2 cm³/mol. The van der Waals surface area contributed by atoms with Crippen molar-refractivity contribution in [2.24, 2.45) is 5.92 Å². The Balaban J connectivity index is 2.35. The fourth-order valence-corrected chi connectivity index (χ4v) is 2.29. The molecule has 0 saturated heterocycles. The Labute approximate surface area is 83.9 Å². The van der Waals surface area contributed by atoms with E-state index in [0.717, 1.165) is 12.6 Å². The second-order valence-corrected chi connectivity index (χ2v) is 4.71. The molecule has 1 rings (SSSR count). The first-order valence-electron chi connectivity index (χ1n) is 5.92. The highest BCUT2D eigenvalue weighted by Crippen LogP contribution is 2.40. The minimum absolute atomic E-state index is 0.850. The molecule has 1 heterocycles. The number of hydrogen-bond acceptors (Lipinski definition) is 0. The highest BCUT2D eigenvalue weighted by molar-refractivity contribution is 6.85. The van der Waals surface area contributed by atoms with Gasteiger partial charge in [0.05, 0.1) is 0 Å². The van der Waals surface area contributed by atoms with Gasteiger partial charge in [0, 0.05) is 0 Å². The molecule has 0 radical (unpaired) electrons. The molecule has 0 N–H and O–H groups in total. The molecule has 0 unspecified atom stereocenters. The predicted octanol–water partition coefficient (Wildman–Crippen LogP) is 4.13. The van der Waals surface area contributed by atoms with Crippen molar-refractivity contribution in [1.82, 2.24) is 0 Å². The molecule has 74 valence electrons. The molecule has 0 aliphatic carbocycles. The summed E-state index contributed by atoms with van der Waals surface area (Å²) in [4.78, 5) is 0. The molecule has 0 nitrogen and oxygen atoms in total. The fraction of sp³-hybridized carbons (Fsp3) is 0.833. The van der Waals surface area contributed by atoms with Gasteiger partial charge >= 0.3 is 0 Å². The van der Waals surface area contributed by atoms with Gasteiger partial charge in [-0.15, -0.1) is 10.9 Å². The van der Waals surface area contributed by atoms with Crippen molar-refractivity contribution in [3.63, 3.8) is 0 Å². The molecule has 0 atom stereocenters. The highest BCUT2D eigenvalue weighted by Gasteiger charge is 2.36. The standard InChI is InChI=1S/C12H23B/c1-5-7-8-11-12(9-10(3)4)13(11)6-2/h10H,5-9H2,1-4H3. The Hall–Kier alpha value is -0.195. The van der Waals surface area contributed by atoms with Crippen molar-refractivity contribution in [2.45, 2.75) is 59.7 Å². The van der Waals surface area contributed by atoms with Crippen molar-refractivity contribution in [2.75, 3.05) is 0 Å². The maximum atomic E-state index is 2.33. The van der Waals surface area contributed by atoms with E-state index in [4.69, 9.17) is 0 Å². The van der Waals surface area contributed by atoms with Crippen LogP contribution in [-0.4, -0.2) is 6.71 Å². The van der Waals surface area contributed by atoms with E-state index in [2.05, 4.69) is 27.7 Å². The first kappa shape index (κ1) is 10.9. The summed E-state index contributed by atoms with van der Waals surface area (Å²) in [5.74, 6) is 0.850. The third kappa shape index (κ3) is 2.89. The summed E-state index contributed by atoms with van der Waals surface area (Å²) in [7, 11) is 0. The van der Waals surface area contributed by atoms with Crippen LogP contribution in [0.2, 0.25) is 6.32 Å². The Morgan fingerprint density at radius 3 is 2.31 bits per heavy atom. The van der Waals surface area contributed by atoms with E-state index < -0.39 is 0 Å². The van der Waals surface area contributed by atoms with E-state index in [0.29, 0.717) is 0 Å². The van der Waals surface area contributed by atoms with Gasteiger partial charge in [-0.05, 0) is 18.8 Å². The van der Waals surface area contributed by atoms with Gasteiger partial charge in [0.1, 0.15) is 0 Å². The molecule has 0 fully saturated rings. The molecule has 0 saturated carbocycles. The molecular weight excluding hydrogens is 155 g/mol. The number of allylic oxidation sites excluding steroid dienone is 2. The molecule has 1 aliphatic rings. The van der Waals surface area contributed by atoms with Crippen molar-refractivity contribution < 1.29 is 0 Å². The van der Waals surface area contributed by atoms with Crippen LogP contribution in [0, 0.1) is 5.92 Å². The zero-order chi connectivity index (χ0) is 9.84. The lowest BCUT2D eigenvalue weighted by Crippen LogP contribution is -1.96. The second-order valence-electron chi connectivity index (χ2n) is 4.71. The van der Waals surface area contributed by atoms with Gasteiger partial charge in [-0.3, -0.25) is 0 Å². The lowest BCUT2D eigenvalue weighted by molar-refractivity contribution is 0.658. The summed E-state index contributed by atoms with van der Waals surface area (Å²) < 4.78 is 0. The van der Waals surface area contributed by atoms with Gasteiger partial charge in [-0.25, -0.2) is 0 Å². The average molecular weight is 178 g/mol. The van der Waals surface area contributed by atoms with E-state index in [1.165, 1.54) is 32.0 Å². The summed E-state index contributed by atoms with van der Waals surface area (Å²) >= 11 is 0. The molecule has 0 amide bonds. The summed E-state index contributed by atoms with van der Waals surface area (Å²) in [6.07, 6.45) is 6.83. The minimum Gasteiger partial charge on any atom is -0.105 e. The van der Waals surface area contributed by atoms with Gasteiger partial charge in [0.15, 0.2) is 6.71 Å². The van der Waals surface area contributed by atoms with Crippen LogP contribution in [-0.2, 0) is 0 Å². The normalized spacial score (nSPS) is 15.9. The molecule has 1 aliphatic heterocycles. The first-order valence-corrected chi connectivity index (χ1v) is 5.92. The Morgan fingerprint density at radius 2 is 1.85 bits per heavy atom. The van der Waals surface area contributed by atoms with E-state index in [1.807, 2.05) is 10.9 Å². The maximum Gasteiger partial charge on any atom is 0.197 e. The molecule has 1 heteroatoms. The van der Waals surface area contributed by atoms with Crippen LogP contribution in [0.1, 0.15) is 53.4 Å². The van der Waals surface area contributed by atoms with Gasteiger partial charge in [0.25, 0.3) is 0 Å². The largest absolute Gasteiger partial charge is 0.197 e. The first-order chi connectivity index (χ1) is 6.20. The monoisotopic (exact) mass is 178 g/mol. The summed E-state index contributed by atoms with van der Waals surface area (Å²) in [5.41, 5.74) is 3.63. The molecule has 0 spiro atoms. The fourth-order valence-electron chi connectivity index (χ4n) is 2.29. The zero-order valence-electron chi connectivity index (χ0n) is 9.69. The molecular formula is C12H23B. The van der Waals surface area contributed by atoms with Gasteiger partial charge in [0.2, 0.25) is 0 Å². The maximum absolute atomic E-state index is 2.33. The summed E-state index contributed by atoms with van der Waals surface area (Å²) in [6, 6.07) is 0. The lowest BCUT2D eigenvalue weighted by Gasteiger charge is -1.98. The van der Waals surface area contributed by atoms with E-state index >= 15 is 0 Å². The molecule has 0 aromatic carbocycles. The quantitative estimate of drug-likeness (QED) is 0.536. The van der Waals surface area contributed by atoms with E-state index in [1.54, 1.807) is 0 Å². The van der Waals surface area contributed by atoms with Gasteiger partial charge < -0.3 is 0 Å². The van der Waals surface area contributed by atoms with Crippen molar-refractivity contribution in [3.05, 3.63) is 10.9 Å². The molecule has 0 aromatic heterocycles. The Bertz CT molecular complexity index is 191. The van der Waals surface area contributed by atoms with Crippen LogP contribution in [0.25, 0.3) is 0 Å². The minimum atomic E-state index is 0.850. The molecule has 13 heavy (non-hydrogen) atoms.